The Kier molecular flexibility index (Phi) is 6.06. The number of hydrogen-bond acceptors (Lipinski definition) is 2. The molecule has 0 aromatic heterocycles. The van der Waals surface area contributed by atoms with Crippen LogP contribution in [0.15, 0.2) is 30.3 Å². The molecule has 3 atom stereocenters. The molecule has 2 heteroatoms. The first-order valence-corrected chi connectivity index (χ1v) is 8.21. The van der Waals surface area contributed by atoms with E-state index < -0.39 is 0 Å². The Morgan fingerprint density at radius 2 is 2.00 bits per heavy atom. The number of likely N-dealkylation sites (tertiary alicyclic amines) is 1. The minimum absolute atomic E-state index is 0.627. The van der Waals surface area contributed by atoms with Gasteiger partial charge in [-0.05, 0) is 37.8 Å². The quantitative estimate of drug-likeness (QED) is 0.851. The van der Waals surface area contributed by atoms with Crippen LogP contribution >= 0.6 is 0 Å². The van der Waals surface area contributed by atoms with Crippen LogP contribution in [-0.4, -0.2) is 30.1 Å². The maximum atomic E-state index is 3.84. The summed E-state index contributed by atoms with van der Waals surface area (Å²) < 4.78 is 0. The average Bonchev–Trinajstić information content (AvgIpc) is 2.47. The molecule has 1 heterocycles. The van der Waals surface area contributed by atoms with Gasteiger partial charge >= 0.3 is 0 Å². The van der Waals surface area contributed by atoms with Crippen molar-refractivity contribution in [2.24, 2.45) is 5.92 Å². The zero-order valence-corrected chi connectivity index (χ0v) is 13.3. The molecule has 0 amide bonds. The summed E-state index contributed by atoms with van der Waals surface area (Å²) in [6, 6.07) is 12.1. The summed E-state index contributed by atoms with van der Waals surface area (Å²) in [6.07, 6.45) is 3.90. The van der Waals surface area contributed by atoms with Crippen LogP contribution in [0.2, 0.25) is 0 Å². The van der Waals surface area contributed by atoms with E-state index >= 15 is 0 Å². The third-order valence-corrected chi connectivity index (χ3v) is 4.75. The van der Waals surface area contributed by atoms with E-state index in [4.69, 9.17) is 0 Å². The summed E-state index contributed by atoms with van der Waals surface area (Å²) in [7, 11) is 0. The summed E-state index contributed by atoms with van der Waals surface area (Å²) in [4.78, 5) is 2.60. The third-order valence-electron chi connectivity index (χ3n) is 4.75. The molecule has 1 fully saturated rings. The van der Waals surface area contributed by atoms with Gasteiger partial charge in [-0.3, -0.25) is 4.90 Å². The van der Waals surface area contributed by atoms with Crippen LogP contribution in [0.4, 0.5) is 0 Å². The summed E-state index contributed by atoms with van der Waals surface area (Å²) in [5.41, 5.74) is 1.43. The fourth-order valence-electron chi connectivity index (χ4n) is 3.07. The largest absolute Gasteiger partial charge is 0.310 e. The van der Waals surface area contributed by atoms with E-state index in [0.29, 0.717) is 12.1 Å². The molecule has 0 spiro atoms. The van der Waals surface area contributed by atoms with Gasteiger partial charge in [0, 0.05) is 25.2 Å². The molecular formula is C18H30N2. The molecule has 2 nitrogen and oxygen atoms in total. The molecule has 2 rings (SSSR count). The van der Waals surface area contributed by atoms with Crippen molar-refractivity contribution < 1.29 is 0 Å². The number of rotatable bonds is 6. The van der Waals surface area contributed by atoms with Gasteiger partial charge in [0.05, 0.1) is 0 Å². The second-order valence-electron chi connectivity index (χ2n) is 6.40. The average molecular weight is 274 g/mol. The van der Waals surface area contributed by atoms with Gasteiger partial charge in [-0.15, -0.1) is 0 Å². The standard InChI is InChI=1S/C18H30N2/c1-4-15(2)16(3)19-18-11-8-12-20(14-18)13-17-9-6-5-7-10-17/h5-7,9-10,15-16,18-19H,4,8,11-14H2,1-3H3. The molecule has 1 aliphatic heterocycles. The highest BCUT2D eigenvalue weighted by Gasteiger charge is 2.22. The van der Waals surface area contributed by atoms with Gasteiger partial charge in [0.25, 0.3) is 0 Å². The van der Waals surface area contributed by atoms with E-state index in [1.54, 1.807) is 0 Å². The van der Waals surface area contributed by atoms with E-state index in [-0.39, 0.29) is 0 Å². The Hall–Kier alpha value is -0.860. The minimum atomic E-state index is 0.627. The topological polar surface area (TPSA) is 15.3 Å². The van der Waals surface area contributed by atoms with E-state index in [0.717, 1.165) is 12.5 Å². The van der Waals surface area contributed by atoms with Crippen molar-refractivity contribution in [3.8, 4) is 0 Å². The van der Waals surface area contributed by atoms with Crippen LogP contribution in [0.25, 0.3) is 0 Å². The summed E-state index contributed by atoms with van der Waals surface area (Å²) in [5, 5.41) is 3.84. The predicted molar refractivity (Wildman–Crippen MR) is 86.8 cm³/mol. The first kappa shape index (κ1) is 15.5. The Morgan fingerprint density at radius 1 is 1.25 bits per heavy atom. The van der Waals surface area contributed by atoms with Crippen molar-refractivity contribution in [2.75, 3.05) is 13.1 Å². The predicted octanol–water partition coefficient (Wildman–Crippen LogP) is 3.68. The van der Waals surface area contributed by atoms with E-state index in [2.05, 4.69) is 61.3 Å². The zero-order chi connectivity index (χ0) is 14.4. The van der Waals surface area contributed by atoms with Crippen LogP contribution < -0.4 is 5.32 Å². The van der Waals surface area contributed by atoms with Gasteiger partial charge < -0.3 is 5.32 Å². The molecule has 1 aromatic rings. The first-order valence-electron chi connectivity index (χ1n) is 8.21. The second-order valence-corrected chi connectivity index (χ2v) is 6.40. The molecule has 1 saturated heterocycles. The molecular weight excluding hydrogens is 244 g/mol. The van der Waals surface area contributed by atoms with E-state index in [1.807, 2.05) is 0 Å². The lowest BCUT2D eigenvalue weighted by molar-refractivity contribution is 0.169. The van der Waals surface area contributed by atoms with E-state index in [1.165, 1.54) is 37.9 Å². The molecule has 112 valence electrons. The van der Waals surface area contributed by atoms with Crippen molar-refractivity contribution in [2.45, 2.75) is 58.7 Å². The van der Waals surface area contributed by atoms with Crippen LogP contribution in [0.3, 0.4) is 0 Å². The lowest BCUT2D eigenvalue weighted by Gasteiger charge is -2.36. The van der Waals surface area contributed by atoms with Gasteiger partial charge in [0.2, 0.25) is 0 Å². The fourth-order valence-corrected chi connectivity index (χ4v) is 3.07. The zero-order valence-electron chi connectivity index (χ0n) is 13.3. The van der Waals surface area contributed by atoms with Gasteiger partial charge in [0.1, 0.15) is 0 Å². The van der Waals surface area contributed by atoms with Gasteiger partial charge in [-0.25, -0.2) is 0 Å². The molecule has 0 saturated carbocycles. The highest BCUT2D eigenvalue weighted by molar-refractivity contribution is 5.14. The fraction of sp³-hybridized carbons (Fsp3) is 0.667. The normalized spacial score (nSPS) is 23.4. The number of piperidine rings is 1. The van der Waals surface area contributed by atoms with Crippen LogP contribution in [0, 0.1) is 5.92 Å². The molecule has 0 radical (unpaired) electrons. The number of nitrogens with one attached hydrogen (secondary N) is 1. The van der Waals surface area contributed by atoms with Crippen molar-refractivity contribution in [3.05, 3.63) is 35.9 Å². The number of hydrogen-bond donors (Lipinski definition) is 1. The molecule has 0 bridgehead atoms. The summed E-state index contributed by atoms with van der Waals surface area (Å²) >= 11 is 0. The van der Waals surface area contributed by atoms with Crippen molar-refractivity contribution >= 4 is 0 Å². The Labute approximate surface area is 124 Å². The highest BCUT2D eigenvalue weighted by atomic mass is 15.2. The maximum Gasteiger partial charge on any atom is 0.0234 e. The molecule has 1 aromatic carbocycles. The smallest absolute Gasteiger partial charge is 0.0234 e. The van der Waals surface area contributed by atoms with Crippen molar-refractivity contribution in [3.63, 3.8) is 0 Å². The Morgan fingerprint density at radius 3 is 2.70 bits per heavy atom. The van der Waals surface area contributed by atoms with Crippen LogP contribution in [0.5, 0.6) is 0 Å². The molecule has 1 N–H and O–H groups in total. The first-order chi connectivity index (χ1) is 9.69. The SMILES string of the molecule is CCC(C)C(C)NC1CCCN(Cc2ccccc2)C1. The van der Waals surface area contributed by atoms with Gasteiger partial charge in [-0.1, -0.05) is 50.6 Å². The summed E-state index contributed by atoms with van der Waals surface area (Å²) in [6.45, 7) is 10.5. The molecule has 0 aliphatic carbocycles. The highest BCUT2D eigenvalue weighted by Crippen LogP contribution is 2.16. The van der Waals surface area contributed by atoms with Gasteiger partial charge in [0.15, 0.2) is 0 Å². The number of nitrogens with zero attached hydrogens (tertiary/aromatic N) is 1. The number of benzene rings is 1. The third kappa shape index (κ3) is 4.60. The van der Waals surface area contributed by atoms with Crippen molar-refractivity contribution in [1.82, 2.24) is 10.2 Å². The summed E-state index contributed by atoms with van der Waals surface area (Å²) in [5.74, 6) is 0.763. The Bertz CT molecular complexity index is 376. The monoisotopic (exact) mass is 274 g/mol. The molecule has 1 aliphatic rings. The lowest BCUT2D eigenvalue weighted by Crippen LogP contribution is -2.49. The van der Waals surface area contributed by atoms with E-state index in [9.17, 15) is 0 Å². The van der Waals surface area contributed by atoms with Crippen LogP contribution in [-0.2, 0) is 6.54 Å². The van der Waals surface area contributed by atoms with Gasteiger partial charge in [-0.2, -0.15) is 0 Å². The Balaban J connectivity index is 1.82. The lowest BCUT2D eigenvalue weighted by atomic mass is 9.97. The maximum absolute atomic E-state index is 3.84. The van der Waals surface area contributed by atoms with Crippen molar-refractivity contribution in [1.29, 1.82) is 0 Å². The molecule has 3 unspecified atom stereocenters. The van der Waals surface area contributed by atoms with Crippen LogP contribution in [0.1, 0.15) is 45.6 Å². The second kappa shape index (κ2) is 7.80. The molecule has 20 heavy (non-hydrogen) atoms. The minimum Gasteiger partial charge on any atom is -0.310 e.